The van der Waals surface area contributed by atoms with Crippen LogP contribution in [0.2, 0.25) is 0 Å². The molecule has 2 rings (SSSR count). The normalized spacial score (nSPS) is 28.0. The molecule has 2 aliphatic heterocycles. The number of allylic oxidation sites excluding steroid dienone is 6. The first-order valence-electron chi connectivity index (χ1n) is 4.30. The molecule has 0 N–H and O–H groups in total. The third kappa shape index (κ3) is 1.98. The Morgan fingerprint density at radius 3 is 2.29 bits per heavy atom. The summed E-state index contributed by atoms with van der Waals surface area (Å²) in [7, 11) is 0. The number of hydrazine groups is 1. The van der Waals surface area contributed by atoms with Crippen LogP contribution >= 0.6 is 0 Å². The minimum Gasteiger partial charge on any atom is -0.245 e. The van der Waals surface area contributed by atoms with Gasteiger partial charge in [0.25, 0.3) is 0 Å². The zero-order valence-corrected chi connectivity index (χ0v) is 7.56. The second-order valence-electron chi connectivity index (χ2n) is 2.66. The lowest BCUT2D eigenvalue weighted by molar-refractivity contribution is 0.118. The SMILES string of the molecule is C1=CN2/C=C/C=C\C=C\C=C/N2N=N1. The van der Waals surface area contributed by atoms with E-state index in [1.807, 2.05) is 60.1 Å². The maximum absolute atomic E-state index is 3.93. The monoisotopic (exact) mass is 186 g/mol. The van der Waals surface area contributed by atoms with Gasteiger partial charge in [-0.25, -0.2) is 5.01 Å². The van der Waals surface area contributed by atoms with Crippen LogP contribution in [0.5, 0.6) is 0 Å². The standard InChI is InChI=1S/C10H10N4/c1-2-4-6-9-14-12-11-7-10-13(14)8-5-3-1/h1-10H/b3-1-,4-2+,8-5+,9-6-. The molecule has 0 saturated carbocycles. The fourth-order valence-corrected chi connectivity index (χ4v) is 1.04. The highest BCUT2D eigenvalue weighted by Gasteiger charge is 2.05. The number of hydrogen-bond acceptors (Lipinski definition) is 4. The smallest absolute Gasteiger partial charge is 0.0697 e. The summed E-state index contributed by atoms with van der Waals surface area (Å²) in [6, 6.07) is 0. The largest absolute Gasteiger partial charge is 0.245 e. The number of rotatable bonds is 0. The van der Waals surface area contributed by atoms with Crippen molar-refractivity contribution >= 4 is 0 Å². The molecule has 0 atom stereocenters. The molecule has 2 heterocycles. The zero-order valence-electron chi connectivity index (χ0n) is 7.56. The predicted molar refractivity (Wildman–Crippen MR) is 54.2 cm³/mol. The van der Waals surface area contributed by atoms with Gasteiger partial charge in [0.1, 0.15) is 0 Å². The lowest BCUT2D eigenvalue weighted by Crippen LogP contribution is -2.26. The maximum atomic E-state index is 3.93. The molecule has 4 nitrogen and oxygen atoms in total. The van der Waals surface area contributed by atoms with Gasteiger partial charge in [-0.15, -0.1) is 5.11 Å². The van der Waals surface area contributed by atoms with Crippen LogP contribution in [0.4, 0.5) is 0 Å². The summed E-state index contributed by atoms with van der Waals surface area (Å²) in [6.45, 7) is 0. The van der Waals surface area contributed by atoms with Gasteiger partial charge in [0.15, 0.2) is 0 Å². The van der Waals surface area contributed by atoms with Crippen LogP contribution in [0.3, 0.4) is 0 Å². The van der Waals surface area contributed by atoms with Gasteiger partial charge in [-0.05, 0) is 17.4 Å². The Kier molecular flexibility index (Phi) is 2.56. The molecule has 2 aliphatic rings. The number of fused-ring (bicyclic) bond motifs is 1. The molecule has 0 amide bonds. The van der Waals surface area contributed by atoms with Crippen molar-refractivity contribution in [2.45, 2.75) is 0 Å². The van der Waals surface area contributed by atoms with Gasteiger partial charge < -0.3 is 0 Å². The van der Waals surface area contributed by atoms with Gasteiger partial charge in [0.2, 0.25) is 0 Å². The van der Waals surface area contributed by atoms with E-state index in [-0.39, 0.29) is 0 Å². The molecule has 0 fully saturated rings. The molecule has 0 radical (unpaired) electrons. The Morgan fingerprint density at radius 2 is 1.43 bits per heavy atom. The average Bonchev–Trinajstić information content (AvgIpc) is 2.25. The summed E-state index contributed by atoms with van der Waals surface area (Å²) in [5.41, 5.74) is 0. The first-order valence-corrected chi connectivity index (χ1v) is 4.30. The molecule has 0 unspecified atom stereocenters. The van der Waals surface area contributed by atoms with Crippen molar-refractivity contribution in [2.75, 3.05) is 0 Å². The van der Waals surface area contributed by atoms with E-state index in [0.29, 0.717) is 0 Å². The third-order valence-electron chi connectivity index (χ3n) is 1.68. The molecular weight excluding hydrogens is 176 g/mol. The highest BCUT2D eigenvalue weighted by atomic mass is 15.8. The second-order valence-corrected chi connectivity index (χ2v) is 2.66. The van der Waals surface area contributed by atoms with Gasteiger partial charge in [-0.2, -0.15) is 5.12 Å². The fourth-order valence-electron chi connectivity index (χ4n) is 1.04. The van der Waals surface area contributed by atoms with E-state index in [9.17, 15) is 0 Å². The Labute approximate surface area is 82.5 Å². The first-order chi connectivity index (χ1) is 6.97. The summed E-state index contributed by atoms with van der Waals surface area (Å²) in [6.07, 6.45) is 18.8. The van der Waals surface area contributed by atoms with Crippen LogP contribution in [0.25, 0.3) is 0 Å². The topological polar surface area (TPSA) is 31.2 Å². The fraction of sp³-hybridized carbons (Fsp3) is 0. The summed E-state index contributed by atoms with van der Waals surface area (Å²) < 4.78 is 0. The van der Waals surface area contributed by atoms with Gasteiger partial charge in [-0.3, -0.25) is 0 Å². The van der Waals surface area contributed by atoms with Crippen LogP contribution in [0, 0.1) is 0 Å². The van der Waals surface area contributed by atoms with E-state index in [0.717, 1.165) is 0 Å². The zero-order chi connectivity index (χ0) is 9.64. The van der Waals surface area contributed by atoms with E-state index in [4.69, 9.17) is 0 Å². The van der Waals surface area contributed by atoms with Crippen molar-refractivity contribution in [3.05, 3.63) is 61.3 Å². The molecule has 14 heavy (non-hydrogen) atoms. The van der Waals surface area contributed by atoms with Crippen molar-refractivity contribution in [3.63, 3.8) is 0 Å². The van der Waals surface area contributed by atoms with E-state index in [1.54, 1.807) is 11.3 Å². The third-order valence-corrected chi connectivity index (χ3v) is 1.68. The highest BCUT2D eigenvalue weighted by molar-refractivity contribution is 5.16. The van der Waals surface area contributed by atoms with E-state index in [1.165, 1.54) is 0 Å². The van der Waals surface area contributed by atoms with E-state index >= 15 is 0 Å². The summed E-state index contributed by atoms with van der Waals surface area (Å²) in [5, 5.41) is 11.2. The lowest BCUT2D eigenvalue weighted by atomic mass is 10.4. The van der Waals surface area contributed by atoms with Crippen molar-refractivity contribution in [3.8, 4) is 0 Å². The molecule has 0 bridgehead atoms. The van der Waals surface area contributed by atoms with Gasteiger partial charge in [0, 0.05) is 18.6 Å². The van der Waals surface area contributed by atoms with E-state index in [2.05, 4.69) is 10.3 Å². The molecular formula is C10H10N4. The molecule has 0 aromatic carbocycles. The molecule has 4 heteroatoms. The minimum atomic E-state index is 1.64. The summed E-state index contributed by atoms with van der Waals surface area (Å²) in [4.78, 5) is 0. The van der Waals surface area contributed by atoms with Crippen molar-refractivity contribution in [1.29, 1.82) is 0 Å². The first kappa shape index (κ1) is 8.50. The molecule has 0 aliphatic carbocycles. The Bertz CT molecular complexity index is 324. The predicted octanol–water partition coefficient (Wildman–Crippen LogP) is 2.51. The van der Waals surface area contributed by atoms with Gasteiger partial charge in [0.05, 0.1) is 6.20 Å². The minimum absolute atomic E-state index is 1.64. The van der Waals surface area contributed by atoms with Gasteiger partial charge in [-0.1, -0.05) is 24.3 Å². The summed E-state index contributed by atoms with van der Waals surface area (Å²) in [5.74, 6) is 0. The summed E-state index contributed by atoms with van der Waals surface area (Å²) >= 11 is 0. The Morgan fingerprint density at radius 1 is 0.714 bits per heavy atom. The van der Waals surface area contributed by atoms with Crippen LogP contribution in [-0.4, -0.2) is 10.1 Å². The van der Waals surface area contributed by atoms with Crippen LogP contribution in [0.1, 0.15) is 0 Å². The number of nitrogens with zero attached hydrogens (tertiary/aromatic N) is 4. The van der Waals surface area contributed by atoms with Gasteiger partial charge >= 0.3 is 0 Å². The van der Waals surface area contributed by atoms with Crippen LogP contribution < -0.4 is 0 Å². The second kappa shape index (κ2) is 4.23. The van der Waals surface area contributed by atoms with Crippen molar-refractivity contribution in [2.24, 2.45) is 10.3 Å². The Hall–Kier alpha value is -2.10. The van der Waals surface area contributed by atoms with Crippen LogP contribution in [0.15, 0.2) is 71.6 Å². The Balaban J connectivity index is 2.24. The van der Waals surface area contributed by atoms with E-state index < -0.39 is 0 Å². The van der Waals surface area contributed by atoms with Crippen molar-refractivity contribution in [1.82, 2.24) is 10.1 Å². The highest BCUT2D eigenvalue weighted by Crippen LogP contribution is 2.09. The van der Waals surface area contributed by atoms with Crippen LogP contribution in [-0.2, 0) is 0 Å². The molecule has 70 valence electrons. The molecule has 0 saturated heterocycles. The lowest BCUT2D eigenvalue weighted by Gasteiger charge is -2.25. The molecule has 0 aromatic rings. The average molecular weight is 186 g/mol. The molecule has 0 aromatic heterocycles. The molecule has 0 spiro atoms. The maximum Gasteiger partial charge on any atom is 0.0697 e. The quantitative estimate of drug-likeness (QED) is 0.582. The van der Waals surface area contributed by atoms with Crippen molar-refractivity contribution < 1.29 is 0 Å². The number of hydrogen-bond donors (Lipinski definition) is 0.